The average Bonchev–Trinajstić information content (AvgIpc) is 2.38. The van der Waals surface area contributed by atoms with Crippen LogP contribution in [0.5, 0.6) is 0 Å². The number of aliphatic hydroxyl groups is 1. The first-order chi connectivity index (χ1) is 9.02. The summed E-state index contributed by atoms with van der Waals surface area (Å²) in [7, 11) is 0. The van der Waals surface area contributed by atoms with Gasteiger partial charge in [0.2, 0.25) is 0 Å². The topological polar surface area (TPSA) is 40.5 Å². The fourth-order valence-electron chi connectivity index (χ4n) is 2.43. The van der Waals surface area contributed by atoms with Crippen molar-refractivity contribution in [3.8, 4) is 0 Å². The Kier molecular flexibility index (Phi) is 4.58. The van der Waals surface area contributed by atoms with Gasteiger partial charge in [-0.25, -0.2) is 4.39 Å². The maximum absolute atomic E-state index is 13.8. The highest BCUT2D eigenvalue weighted by Gasteiger charge is 2.30. The van der Waals surface area contributed by atoms with Crippen molar-refractivity contribution in [3.63, 3.8) is 0 Å². The molecular formula is C14H17BrFNO2. The number of rotatable bonds is 2. The van der Waals surface area contributed by atoms with E-state index in [4.69, 9.17) is 0 Å². The zero-order chi connectivity index (χ0) is 14.0. The van der Waals surface area contributed by atoms with Crippen LogP contribution in [0.15, 0.2) is 22.7 Å². The number of amides is 1. The SMILES string of the molecule is CC1CCC(CO)CN1C(=O)c1ccc(Br)cc1F. The van der Waals surface area contributed by atoms with Crippen molar-refractivity contribution >= 4 is 21.8 Å². The Morgan fingerprint density at radius 3 is 2.89 bits per heavy atom. The average molecular weight is 330 g/mol. The molecule has 1 amide bonds. The van der Waals surface area contributed by atoms with E-state index in [1.165, 1.54) is 12.1 Å². The summed E-state index contributed by atoms with van der Waals surface area (Å²) in [6.07, 6.45) is 1.75. The van der Waals surface area contributed by atoms with Gasteiger partial charge in [-0.05, 0) is 43.9 Å². The van der Waals surface area contributed by atoms with Crippen LogP contribution in [-0.4, -0.2) is 35.1 Å². The molecule has 1 aliphatic heterocycles. The van der Waals surface area contributed by atoms with Crippen LogP contribution in [0.2, 0.25) is 0 Å². The summed E-state index contributed by atoms with van der Waals surface area (Å²) in [5.74, 6) is -0.716. The highest BCUT2D eigenvalue weighted by atomic mass is 79.9. The fourth-order valence-corrected chi connectivity index (χ4v) is 2.77. The molecule has 0 radical (unpaired) electrons. The Balaban J connectivity index is 2.22. The maximum atomic E-state index is 13.8. The van der Waals surface area contributed by atoms with Crippen LogP contribution in [0.25, 0.3) is 0 Å². The first kappa shape index (κ1) is 14.5. The number of hydrogen-bond acceptors (Lipinski definition) is 2. The predicted octanol–water partition coefficient (Wildman–Crippen LogP) is 2.82. The third-order valence-electron chi connectivity index (χ3n) is 3.66. The molecule has 1 aliphatic rings. The number of piperidine rings is 1. The zero-order valence-corrected chi connectivity index (χ0v) is 12.4. The largest absolute Gasteiger partial charge is 0.396 e. The van der Waals surface area contributed by atoms with E-state index in [0.29, 0.717) is 11.0 Å². The van der Waals surface area contributed by atoms with E-state index in [1.807, 2.05) is 6.92 Å². The molecule has 1 saturated heterocycles. The minimum atomic E-state index is -0.516. The van der Waals surface area contributed by atoms with Crippen LogP contribution in [0.1, 0.15) is 30.1 Å². The summed E-state index contributed by atoms with van der Waals surface area (Å²) in [5, 5.41) is 9.22. The van der Waals surface area contributed by atoms with Gasteiger partial charge in [-0.2, -0.15) is 0 Å². The van der Waals surface area contributed by atoms with Gasteiger partial charge in [0.1, 0.15) is 5.82 Å². The van der Waals surface area contributed by atoms with E-state index in [0.717, 1.165) is 12.8 Å². The summed E-state index contributed by atoms with van der Waals surface area (Å²) in [5.41, 5.74) is 0.0913. The Hall–Kier alpha value is -0.940. The molecule has 0 saturated carbocycles. The normalized spacial score (nSPS) is 23.5. The highest BCUT2D eigenvalue weighted by molar-refractivity contribution is 9.10. The second-order valence-corrected chi connectivity index (χ2v) is 5.97. The molecule has 0 aliphatic carbocycles. The summed E-state index contributed by atoms with van der Waals surface area (Å²) < 4.78 is 14.4. The van der Waals surface area contributed by atoms with Gasteiger partial charge in [0, 0.05) is 23.7 Å². The molecule has 0 spiro atoms. The Labute approximate surface area is 120 Å². The summed E-state index contributed by atoms with van der Waals surface area (Å²) in [6.45, 7) is 2.52. The second-order valence-electron chi connectivity index (χ2n) is 5.06. The molecule has 3 nitrogen and oxygen atoms in total. The molecular weight excluding hydrogens is 313 g/mol. The number of carbonyl (C=O) groups is 1. The fraction of sp³-hybridized carbons (Fsp3) is 0.500. The van der Waals surface area contributed by atoms with Crippen molar-refractivity contribution < 1.29 is 14.3 Å². The molecule has 1 N–H and O–H groups in total. The second kappa shape index (κ2) is 6.01. The van der Waals surface area contributed by atoms with Crippen LogP contribution in [0, 0.1) is 11.7 Å². The van der Waals surface area contributed by atoms with Gasteiger partial charge >= 0.3 is 0 Å². The molecule has 104 valence electrons. The molecule has 1 aromatic rings. The van der Waals surface area contributed by atoms with Crippen molar-refractivity contribution in [3.05, 3.63) is 34.1 Å². The van der Waals surface area contributed by atoms with E-state index >= 15 is 0 Å². The van der Waals surface area contributed by atoms with Gasteiger partial charge in [-0.1, -0.05) is 15.9 Å². The van der Waals surface area contributed by atoms with Gasteiger partial charge in [-0.3, -0.25) is 4.79 Å². The summed E-state index contributed by atoms with van der Waals surface area (Å²) in [4.78, 5) is 14.1. The van der Waals surface area contributed by atoms with Gasteiger partial charge < -0.3 is 10.0 Å². The molecule has 1 aromatic carbocycles. The lowest BCUT2D eigenvalue weighted by atomic mass is 9.93. The van der Waals surface area contributed by atoms with Crippen LogP contribution >= 0.6 is 15.9 Å². The minimum Gasteiger partial charge on any atom is -0.396 e. The molecule has 2 rings (SSSR count). The number of benzene rings is 1. The Morgan fingerprint density at radius 1 is 1.53 bits per heavy atom. The first-order valence-electron chi connectivity index (χ1n) is 6.39. The number of halogens is 2. The van der Waals surface area contributed by atoms with Gasteiger partial charge in [0.25, 0.3) is 5.91 Å². The standard InChI is InChI=1S/C14H17BrFNO2/c1-9-2-3-10(8-18)7-17(9)14(19)12-5-4-11(15)6-13(12)16/h4-6,9-10,18H,2-3,7-8H2,1H3. The van der Waals surface area contributed by atoms with Crippen LogP contribution in [0.4, 0.5) is 4.39 Å². The minimum absolute atomic E-state index is 0.0688. The maximum Gasteiger partial charge on any atom is 0.257 e. The van der Waals surface area contributed by atoms with Crippen LogP contribution in [0.3, 0.4) is 0 Å². The smallest absolute Gasteiger partial charge is 0.257 e. The Bertz CT molecular complexity index is 481. The van der Waals surface area contributed by atoms with Crippen molar-refractivity contribution in [2.75, 3.05) is 13.2 Å². The third kappa shape index (κ3) is 3.15. The lowest BCUT2D eigenvalue weighted by Crippen LogP contribution is -2.46. The highest BCUT2D eigenvalue weighted by Crippen LogP contribution is 2.25. The molecule has 2 unspecified atom stereocenters. The van der Waals surface area contributed by atoms with Crippen LogP contribution < -0.4 is 0 Å². The predicted molar refractivity (Wildman–Crippen MR) is 74.4 cm³/mol. The van der Waals surface area contributed by atoms with E-state index in [1.54, 1.807) is 11.0 Å². The quantitative estimate of drug-likeness (QED) is 0.906. The third-order valence-corrected chi connectivity index (χ3v) is 4.15. The van der Waals surface area contributed by atoms with E-state index in [-0.39, 0.29) is 30.0 Å². The zero-order valence-electron chi connectivity index (χ0n) is 10.8. The molecule has 0 bridgehead atoms. The number of hydrogen-bond donors (Lipinski definition) is 1. The van der Waals surface area contributed by atoms with Crippen molar-refractivity contribution in [2.24, 2.45) is 5.92 Å². The monoisotopic (exact) mass is 329 g/mol. The number of aliphatic hydroxyl groups excluding tert-OH is 1. The first-order valence-corrected chi connectivity index (χ1v) is 7.19. The van der Waals surface area contributed by atoms with Crippen molar-refractivity contribution in [2.45, 2.75) is 25.8 Å². The number of likely N-dealkylation sites (tertiary alicyclic amines) is 1. The summed E-state index contributed by atoms with van der Waals surface area (Å²) >= 11 is 3.18. The molecule has 2 atom stereocenters. The Morgan fingerprint density at radius 2 is 2.26 bits per heavy atom. The van der Waals surface area contributed by atoms with E-state index in [2.05, 4.69) is 15.9 Å². The number of carbonyl (C=O) groups excluding carboxylic acids is 1. The molecule has 0 aromatic heterocycles. The molecule has 1 fully saturated rings. The van der Waals surface area contributed by atoms with E-state index < -0.39 is 5.82 Å². The van der Waals surface area contributed by atoms with Gasteiger partial charge in [-0.15, -0.1) is 0 Å². The summed E-state index contributed by atoms with van der Waals surface area (Å²) in [6, 6.07) is 4.54. The van der Waals surface area contributed by atoms with Gasteiger partial charge in [0.05, 0.1) is 5.56 Å². The lowest BCUT2D eigenvalue weighted by Gasteiger charge is -2.37. The van der Waals surface area contributed by atoms with Crippen molar-refractivity contribution in [1.29, 1.82) is 0 Å². The lowest BCUT2D eigenvalue weighted by molar-refractivity contribution is 0.0484. The molecule has 1 heterocycles. The molecule has 5 heteroatoms. The van der Waals surface area contributed by atoms with Gasteiger partial charge in [0.15, 0.2) is 0 Å². The molecule has 19 heavy (non-hydrogen) atoms. The number of nitrogens with zero attached hydrogens (tertiary/aromatic N) is 1. The van der Waals surface area contributed by atoms with E-state index in [9.17, 15) is 14.3 Å². The van der Waals surface area contributed by atoms with Crippen molar-refractivity contribution in [1.82, 2.24) is 4.90 Å². The van der Waals surface area contributed by atoms with Crippen LogP contribution in [-0.2, 0) is 0 Å².